The molecule has 1 saturated carbocycles. The molecule has 1 N–H and O–H groups in total. The third-order valence-corrected chi connectivity index (χ3v) is 4.77. The molecule has 5 heteroatoms. The Kier molecular flexibility index (Phi) is 1.74. The summed E-state index contributed by atoms with van der Waals surface area (Å²) in [6, 6.07) is 5.84. The molecule has 18 heavy (non-hydrogen) atoms. The molecule has 1 atom stereocenters. The predicted octanol–water partition coefficient (Wildman–Crippen LogP) is 2.35. The van der Waals surface area contributed by atoms with Crippen LogP contribution in [0.3, 0.4) is 0 Å². The highest BCUT2D eigenvalue weighted by Crippen LogP contribution is 2.63. The number of carbonyl (C=O) groups is 2. The Labute approximate surface area is 112 Å². The van der Waals surface area contributed by atoms with Crippen molar-refractivity contribution in [1.82, 2.24) is 5.32 Å². The Hall–Kier alpha value is -1.36. The van der Waals surface area contributed by atoms with Gasteiger partial charge in [-0.05, 0) is 30.5 Å². The molecule has 3 aliphatic rings. The number of halogens is 1. The third-order valence-electron chi connectivity index (χ3n) is 4.28. The first-order valence-electron chi connectivity index (χ1n) is 5.91. The van der Waals surface area contributed by atoms with Crippen molar-refractivity contribution in [2.75, 3.05) is 0 Å². The van der Waals surface area contributed by atoms with Crippen LogP contribution in [0.4, 0.5) is 4.79 Å². The molecule has 1 unspecified atom stereocenters. The van der Waals surface area contributed by atoms with E-state index in [1.165, 1.54) is 0 Å². The van der Waals surface area contributed by atoms with E-state index in [-0.39, 0.29) is 11.3 Å². The lowest BCUT2D eigenvalue weighted by Crippen LogP contribution is -2.35. The topological polar surface area (TPSA) is 55.4 Å². The van der Waals surface area contributed by atoms with E-state index in [2.05, 4.69) is 27.3 Å². The molecule has 4 nitrogen and oxygen atoms in total. The van der Waals surface area contributed by atoms with E-state index in [0.717, 1.165) is 28.4 Å². The van der Waals surface area contributed by atoms with E-state index in [9.17, 15) is 9.59 Å². The highest BCUT2D eigenvalue weighted by Gasteiger charge is 2.65. The Morgan fingerprint density at radius 2 is 2.00 bits per heavy atom. The fourth-order valence-corrected chi connectivity index (χ4v) is 3.65. The number of fused-ring (bicyclic) bond motifs is 3. The van der Waals surface area contributed by atoms with Gasteiger partial charge in [0.2, 0.25) is 5.60 Å². The molecule has 2 aliphatic carbocycles. The summed E-state index contributed by atoms with van der Waals surface area (Å²) in [4.78, 5) is 23.5. The van der Waals surface area contributed by atoms with Crippen molar-refractivity contribution in [2.45, 2.75) is 30.3 Å². The van der Waals surface area contributed by atoms with Crippen molar-refractivity contribution < 1.29 is 14.3 Å². The minimum atomic E-state index is -1.08. The first-order valence-corrected chi connectivity index (χ1v) is 6.70. The summed E-state index contributed by atoms with van der Waals surface area (Å²) in [6.07, 6.45) is 2.07. The maximum absolute atomic E-state index is 12.1. The zero-order chi connectivity index (χ0) is 12.5. The summed E-state index contributed by atoms with van der Waals surface area (Å²) in [5.41, 5.74) is 0.971. The number of ether oxygens (including phenoxy) is 1. The van der Waals surface area contributed by atoms with Gasteiger partial charge >= 0.3 is 6.09 Å². The average Bonchev–Trinajstić information content (AvgIpc) is 2.95. The monoisotopic (exact) mass is 307 g/mol. The van der Waals surface area contributed by atoms with Crippen LogP contribution in [0.15, 0.2) is 22.7 Å². The van der Waals surface area contributed by atoms with Crippen LogP contribution >= 0.6 is 15.9 Å². The normalized spacial score (nSPS) is 30.5. The molecule has 1 aromatic rings. The largest absolute Gasteiger partial charge is 0.427 e. The fraction of sp³-hybridized carbons (Fsp3) is 0.385. The van der Waals surface area contributed by atoms with Crippen LogP contribution in [0.25, 0.3) is 0 Å². The predicted molar refractivity (Wildman–Crippen MR) is 66.0 cm³/mol. The molecule has 2 spiro atoms. The summed E-state index contributed by atoms with van der Waals surface area (Å²) in [6.45, 7) is 0. The highest BCUT2D eigenvalue weighted by molar-refractivity contribution is 9.10. The Morgan fingerprint density at radius 1 is 1.22 bits per heavy atom. The maximum Gasteiger partial charge on any atom is 0.415 e. The molecule has 1 aromatic carbocycles. The van der Waals surface area contributed by atoms with Crippen molar-refractivity contribution in [3.63, 3.8) is 0 Å². The highest BCUT2D eigenvalue weighted by atomic mass is 79.9. The summed E-state index contributed by atoms with van der Waals surface area (Å²) in [5.74, 6) is -0.320. The SMILES string of the molecule is O=C1NC(=O)C2(CC3(CC3)c3cc(Br)ccc32)O1. The lowest BCUT2D eigenvalue weighted by molar-refractivity contribution is -0.132. The lowest BCUT2D eigenvalue weighted by Gasteiger charge is -2.19. The summed E-state index contributed by atoms with van der Waals surface area (Å²) in [5, 5.41) is 2.26. The van der Waals surface area contributed by atoms with E-state index >= 15 is 0 Å². The molecule has 0 radical (unpaired) electrons. The Balaban J connectivity index is 1.96. The average molecular weight is 308 g/mol. The standard InChI is InChI=1S/C13H10BrNO3/c14-7-1-2-8-9(5-7)12(3-4-12)6-13(8)10(16)15-11(17)18-13/h1-2,5H,3-4,6H2,(H,15,16,17). The number of nitrogens with one attached hydrogen (secondary N) is 1. The van der Waals surface area contributed by atoms with Gasteiger partial charge in [0.05, 0.1) is 0 Å². The van der Waals surface area contributed by atoms with Crippen LogP contribution in [0.1, 0.15) is 30.4 Å². The first kappa shape index (κ1) is 10.6. The van der Waals surface area contributed by atoms with Crippen LogP contribution in [-0.4, -0.2) is 12.0 Å². The molecule has 4 rings (SSSR count). The van der Waals surface area contributed by atoms with Gasteiger partial charge in [-0.25, -0.2) is 4.79 Å². The van der Waals surface area contributed by atoms with Gasteiger partial charge in [0.15, 0.2) is 0 Å². The quantitative estimate of drug-likeness (QED) is 0.800. The van der Waals surface area contributed by atoms with Gasteiger partial charge < -0.3 is 4.74 Å². The molecule has 2 fully saturated rings. The van der Waals surface area contributed by atoms with Crippen LogP contribution < -0.4 is 5.32 Å². The number of imide groups is 1. The van der Waals surface area contributed by atoms with Gasteiger partial charge in [0.25, 0.3) is 5.91 Å². The number of hydrogen-bond acceptors (Lipinski definition) is 3. The fourth-order valence-electron chi connectivity index (χ4n) is 3.29. The molecular formula is C13H10BrNO3. The number of carbonyl (C=O) groups excluding carboxylic acids is 2. The van der Waals surface area contributed by atoms with Gasteiger partial charge in [-0.3, -0.25) is 10.1 Å². The van der Waals surface area contributed by atoms with Crippen molar-refractivity contribution in [3.8, 4) is 0 Å². The molecule has 0 aromatic heterocycles. The lowest BCUT2D eigenvalue weighted by atomic mass is 9.94. The van der Waals surface area contributed by atoms with Gasteiger partial charge in [0.1, 0.15) is 0 Å². The minimum Gasteiger partial charge on any atom is -0.427 e. The van der Waals surface area contributed by atoms with Crippen LogP contribution in [-0.2, 0) is 20.5 Å². The second-order valence-corrected chi connectivity index (χ2v) is 6.23. The number of rotatable bonds is 0. The van der Waals surface area contributed by atoms with E-state index in [0.29, 0.717) is 6.42 Å². The number of alkyl carbamates (subject to hydrolysis) is 1. The van der Waals surface area contributed by atoms with Crippen LogP contribution in [0.2, 0.25) is 0 Å². The molecule has 2 amide bonds. The molecule has 1 aliphatic heterocycles. The van der Waals surface area contributed by atoms with Crippen molar-refractivity contribution in [3.05, 3.63) is 33.8 Å². The molecule has 1 heterocycles. The Bertz CT molecular complexity index is 608. The van der Waals surface area contributed by atoms with E-state index in [4.69, 9.17) is 4.74 Å². The summed E-state index contributed by atoms with van der Waals surface area (Å²) in [7, 11) is 0. The molecule has 0 bridgehead atoms. The van der Waals surface area contributed by atoms with Gasteiger partial charge in [-0.2, -0.15) is 0 Å². The zero-order valence-electron chi connectivity index (χ0n) is 9.46. The van der Waals surface area contributed by atoms with Crippen molar-refractivity contribution in [2.24, 2.45) is 0 Å². The van der Waals surface area contributed by atoms with Crippen molar-refractivity contribution >= 4 is 27.9 Å². The Morgan fingerprint density at radius 3 is 2.61 bits per heavy atom. The first-order chi connectivity index (χ1) is 8.56. The van der Waals surface area contributed by atoms with Gasteiger partial charge in [0, 0.05) is 21.9 Å². The van der Waals surface area contributed by atoms with Gasteiger partial charge in [-0.1, -0.05) is 22.0 Å². The van der Waals surface area contributed by atoms with Crippen LogP contribution in [0, 0.1) is 0 Å². The zero-order valence-corrected chi connectivity index (χ0v) is 11.0. The number of amides is 2. The second-order valence-electron chi connectivity index (χ2n) is 5.32. The summed E-state index contributed by atoms with van der Waals surface area (Å²) >= 11 is 3.46. The van der Waals surface area contributed by atoms with Crippen LogP contribution in [0.5, 0.6) is 0 Å². The van der Waals surface area contributed by atoms with Gasteiger partial charge in [-0.15, -0.1) is 0 Å². The third kappa shape index (κ3) is 1.11. The molecular weight excluding hydrogens is 298 g/mol. The second kappa shape index (κ2) is 2.96. The van der Waals surface area contributed by atoms with E-state index in [1.807, 2.05) is 12.1 Å². The number of hydrogen-bond donors (Lipinski definition) is 1. The maximum atomic E-state index is 12.1. The summed E-state index contributed by atoms with van der Waals surface area (Å²) < 4.78 is 6.34. The smallest absolute Gasteiger partial charge is 0.415 e. The molecule has 92 valence electrons. The number of benzene rings is 1. The van der Waals surface area contributed by atoms with Crippen molar-refractivity contribution in [1.29, 1.82) is 0 Å². The molecule has 1 saturated heterocycles. The van der Waals surface area contributed by atoms with E-state index < -0.39 is 11.7 Å². The minimum absolute atomic E-state index is 0.0427. The van der Waals surface area contributed by atoms with E-state index in [1.54, 1.807) is 0 Å².